The monoisotopic (exact) mass is 376 g/mol. The molecule has 0 unspecified atom stereocenters. The number of nitrogens with zero attached hydrogens (tertiary/aromatic N) is 2. The van der Waals surface area contributed by atoms with Crippen molar-refractivity contribution in [1.29, 1.82) is 0 Å². The van der Waals surface area contributed by atoms with Crippen molar-refractivity contribution in [3.63, 3.8) is 0 Å². The Morgan fingerprint density at radius 1 is 1.08 bits per heavy atom. The number of halogens is 4. The van der Waals surface area contributed by atoms with Crippen molar-refractivity contribution in [2.45, 2.75) is 27.7 Å². The fraction of sp³-hybridized carbons (Fsp3) is 0.211. The van der Waals surface area contributed by atoms with Crippen LogP contribution in [0.5, 0.6) is 0 Å². The lowest BCUT2D eigenvalue weighted by atomic mass is 9.83. The second-order valence-corrected chi connectivity index (χ2v) is 7.40. The maximum atomic E-state index is 15.5. The molecule has 0 aliphatic carbocycles. The van der Waals surface area contributed by atoms with Crippen molar-refractivity contribution in [3.8, 4) is 0 Å². The van der Waals surface area contributed by atoms with Gasteiger partial charge >= 0.3 is 6.97 Å². The van der Waals surface area contributed by atoms with E-state index in [1.54, 1.807) is 52.0 Å². The molecule has 0 saturated carbocycles. The van der Waals surface area contributed by atoms with E-state index in [1.807, 2.05) is 0 Å². The fourth-order valence-electron chi connectivity index (χ4n) is 4.25. The molecule has 0 amide bonds. The van der Waals surface area contributed by atoms with E-state index in [2.05, 4.69) is 0 Å². The molecule has 4 rings (SSSR count). The van der Waals surface area contributed by atoms with Gasteiger partial charge in [-0.15, -0.1) is 0 Å². The average molecular weight is 377 g/mol. The molecule has 0 radical (unpaired) electrons. The summed E-state index contributed by atoms with van der Waals surface area (Å²) in [7, 11) is 0. The number of aryl methyl sites for hydroxylation is 2. The normalized spacial score (nSPS) is 18.2. The zero-order valence-corrected chi connectivity index (χ0v) is 15.6. The van der Waals surface area contributed by atoms with Crippen molar-refractivity contribution in [2.24, 2.45) is 0 Å². The lowest BCUT2D eigenvalue weighted by molar-refractivity contribution is -0.363. The Morgan fingerprint density at radius 3 is 2.42 bits per heavy atom. The lowest BCUT2D eigenvalue weighted by Gasteiger charge is -2.34. The summed E-state index contributed by atoms with van der Waals surface area (Å²) in [6, 6.07) is 6.07. The second-order valence-electron chi connectivity index (χ2n) is 6.96. The summed E-state index contributed by atoms with van der Waals surface area (Å²) in [5.41, 5.74) is 3.76. The Balaban J connectivity index is 2.20. The minimum Gasteiger partial charge on any atom is -0.393 e. The number of hydrogen-bond donors (Lipinski definition) is 0. The van der Waals surface area contributed by atoms with Gasteiger partial charge in [-0.25, -0.2) is 4.39 Å². The van der Waals surface area contributed by atoms with Crippen LogP contribution in [0.3, 0.4) is 0 Å². The van der Waals surface area contributed by atoms with E-state index < -0.39 is 12.8 Å². The Morgan fingerprint density at radius 2 is 1.77 bits per heavy atom. The van der Waals surface area contributed by atoms with E-state index in [4.69, 9.17) is 11.6 Å². The van der Waals surface area contributed by atoms with Gasteiger partial charge in [-0.1, -0.05) is 11.6 Å². The highest BCUT2D eigenvalue weighted by molar-refractivity contribution is 6.58. The molecule has 0 spiro atoms. The first-order valence-corrected chi connectivity index (χ1v) is 8.75. The molecular formula is C19H17BClF3N2. The first kappa shape index (κ1) is 17.2. The van der Waals surface area contributed by atoms with Gasteiger partial charge in [-0.2, -0.15) is 0 Å². The highest BCUT2D eigenvalue weighted by Gasteiger charge is 2.55. The van der Waals surface area contributed by atoms with Gasteiger partial charge in [0.1, 0.15) is 11.5 Å². The molecule has 3 heterocycles. The third kappa shape index (κ3) is 2.11. The third-order valence-electron chi connectivity index (χ3n) is 5.13. The van der Waals surface area contributed by atoms with E-state index in [1.165, 1.54) is 6.07 Å². The van der Waals surface area contributed by atoms with Crippen molar-refractivity contribution < 1.29 is 17.5 Å². The Labute approximate surface area is 155 Å². The summed E-state index contributed by atoms with van der Waals surface area (Å²) >= 11 is 5.90. The molecule has 2 nitrogen and oxygen atoms in total. The summed E-state index contributed by atoms with van der Waals surface area (Å²) < 4.78 is 47.8. The molecule has 26 heavy (non-hydrogen) atoms. The molecule has 0 N–H and O–H groups in total. The van der Waals surface area contributed by atoms with Crippen LogP contribution in [0, 0.1) is 19.7 Å². The van der Waals surface area contributed by atoms with Gasteiger partial charge in [-0.05, 0) is 56.3 Å². The van der Waals surface area contributed by atoms with Crippen LogP contribution in [0.25, 0.3) is 5.57 Å². The Bertz CT molecular complexity index is 1080. The van der Waals surface area contributed by atoms with Gasteiger partial charge in [0.2, 0.25) is 0 Å². The topological polar surface area (TPSA) is 7.94 Å². The maximum Gasteiger partial charge on any atom is 0.737 e. The van der Waals surface area contributed by atoms with Crippen LogP contribution in [0.1, 0.15) is 36.4 Å². The van der Waals surface area contributed by atoms with Gasteiger partial charge in [-0.3, -0.25) is 0 Å². The predicted molar refractivity (Wildman–Crippen MR) is 99.4 cm³/mol. The highest BCUT2D eigenvalue weighted by atomic mass is 35.5. The molecular weight excluding hydrogens is 359 g/mol. The fourth-order valence-corrected chi connectivity index (χ4v) is 4.40. The molecule has 0 atom stereocenters. The second kappa shape index (κ2) is 5.40. The maximum absolute atomic E-state index is 15.5. The molecule has 2 aliphatic heterocycles. The minimum atomic E-state index is -4.06. The summed E-state index contributed by atoms with van der Waals surface area (Å²) in [6.07, 6.45) is 1.72. The van der Waals surface area contributed by atoms with E-state index in [9.17, 15) is 4.39 Å². The SMILES string of the molecule is CC1=CC(C)=[N+]2C1=C(c1ccc(Cl)cc1F)c1c(C)cc(C)n1[B-]2(F)F. The third-order valence-corrected chi connectivity index (χ3v) is 5.37. The minimum absolute atomic E-state index is 0.267. The highest BCUT2D eigenvalue weighted by Crippen LogP contribution is 2.44. The van der Waals surface area contributed by atoms with Gasteiger partial charge < -0.3 is 17.6 Å². The van der Waals surface area contributed by atoms with Crippen LogP contribution in [0.4, 0.5) is 13.0 Å². The van der Waals surface area contributed by atoms with Gasteiger partial charge in [0.15, 0.2) is 5.70 Å². The molecule has 134 valence electrons. The van der Waals surface area contributed by atoms with E-state index in [0.717, 1.165) is 8.96 Å². The van der Waals surface area contributed by atoms with Crippen molar-refractivity contribution >= 4 is 29.9 Å². The predicted octanol–water partition coefficient (Wildman–Crippen LogP) is 5.33. The van der Waals surface area contributed by atoms with E-state index >= 15 is 8.63 Å². The van der Waals surface area contributed by atoms with Crippen LogP contribution >= 0.6 is 11.6 Å². The van der Waals surface area contributed by atoms with E-state index in [0.29, 0.717) is 39.5 Å². The number of aromatic nitrogens is 1. The number of fused-ring (bicyclic) bond motifs is 2. The molecule has 7 heteroatoms. The van der Waals surface area contributed by atoms with E-state index in [-0.39, 0.29) is 10.6 Å². The van der Waals surface area contributed by atoms with Crippen LogP contribution in [-0.2, 0) is 0 Å². The van der Waals surface area contributed by atoms with Crippen molar-refractivity contribution in [2.75, 3.05) is 0 Å². The van der Waals surface area contributed by atoms with Gasteiger partial charge in [0.25, 0.3) is 0 Å². The van der Waals surface area contributed by atoms with Crippen molar-refractivity contribution in [3.05, 3.63) is 75.0 Å². The van der Waals surface area contributed by atoms with Crippen LogP contribution in [0.2, 0.25) is 5.02 Å². The Hall–Kier alpha value is -2.21. The van der Waals surface area contributed by atoms with Crippen LogP contribution in [0.15, 0.2) is 41.6 Å². The smallest absolute Gasteiger partial charge is 0.393 e. The standard InChI is InChI=1S/C19H17BClF3N2/c1-10-7-12(3)25-18(10)17(15-6-5-14(21)9-16(15)22)19-11(2)8-13(4)26(19)20(25,23)24/h5-9H,1-4H3. The lowest BCUT2D eigenvalue weighted by Crippen LogP contribution is -2.51. The first-order chi connectivity index (χ1) is 12.1. The largest absolute Gasteiger partial charge is 0.737 e. The summed E-state index contributed by atoms with van der Waals surface area (Å²) in [5.74, 6) is -0.528. The molecule has 1 aromatic carbocycles. The molecule has 0 saturated heterocycles. The molecule has 1 aromatic heterocycles. The molecule has 0 fully saturated rings. The quantitative estimate of drug-likeness (QED) is 0.595. The van der Waals surface area contributed by atoms with Gasteiger partial charge in [0.05, 0.1) is 5.57 Å². The zero-order valence-electron chi connectivity index (χ0n) is 14.9. The number of hydrogen-bond acceptors (Lipinski definition) is 0. The Kier molecular flexibility index (Phi) is 3.57. The average Bonchev–Trinajstić information content (AvgIpc) is 2.99. The number of benzene rings is 1. The van der Waals surface area contributed by atoms with Gasteiger partial charge in [0, 0.05) is 34.9 Å². The van der Waals surface area contributed by atoms with Crippen molar-refractivity contribution in [1.82, 2.24) is 4.48 Å². The summed E-state index contributed by atoms with van der Waals surface area (Å²) in [4.78, 5) is 0. The van der Waals surface area contributed by atoms with Crippen LogP contribution < -0.4 is 0 Å². The number of rotatable bonds is 1. The first-order valence-electron chi connectivity index (χ1n) is 8.37. The molecule has 2 aromatic rings. The molecule has 2 aliphatic rings. The summed E-state index contributed by atoms with van der Waals surface area (Å²) in [5, 5.41) is 0.267. The van der Waals surface area contributed by atoms with Crippen LogP contribution in [-0.4, -0.2) is 21.6 Å². The summed E-state index contributed by atoms with van der Waals surface area (Å²) in [6.45, 7) is 2.80. The zero-order chi connectivity index (χ0) is 19.0. The molecule has 0 bridgehead atoms. The number of allylic oxidation sites excluding steroid dienone is 2.